The van der Waals surface area contributed by atoms with Crippen LogP contribution in [0.3, 0.4) is 0 Å². The minimum atomic E-state index is -0.359. The highest BCUT2D eigenvalue weighted by atomic mass is 32.1. The number of fused-ring (bicyclic) bond motifs is 3. The van der Waals surface area contributed by atoms with E-state index in [0.29, 0.717) is 30.4 Å². The summed E-state index contributed by atoms with van der Waals surface area (Å²) in [5.74, 6) is 0.666. The van der Waals surface area contributed by atoms with E-state index < -0.39 is 0 Å². The largest absolute Gasteiger partial charge is 0.462 e. The molecule has 0 aromatic carbocycles. The van der Waals surface area contributed by atoms with Gasteiger partial charge in [-0.05, 0) is 26.3 Å². The number of hydrogen-bond acceptors (Lipinski definition) is 7. The van der Waals surface area contributed by atoms with Gasteiger partial charge in [0.1, 0.15) is 22.1 Å². The maximum absolute atomic E-state index is 12.4. The smallest absolute Gasteiger partial charge is 0.350 e. The van der Waals surface area contributed by atoms with Crippen molar-refractivity contribution in [3.05, 3.63) is 16.0 Å². The summed E-state index contributed by atoms with van der Waals surface area (Å²) in [5, 5.41) is 0.945. The van der Waals surface area contributed by atoms with Crippen molar-refractivity contribution in [2.24, 2.45) is 0 Å². The Morgan fingerprint density at radius 3 is 2.75 bits per heavy atom. The molecule has 0 aliphatic carbocycles. The van der Waals surface area contributed by atoms with Crippen LogP contribution in [-0.2, 0) is 22.4 Å². The number of rotatable bonds is 3. The molecule has 4 rings (SSSR count). The molecule has 4 heterocycles. The Labute approximate surface area is 169 Å². The number of nitrogens with one attached hydrogen (secondary N) is 1. The number of quaternary nitrogens is 1. The number of nitrogens with zero attached hydrogens (tertiary/aromatic N) is 2. The van der Waals surface area contributed by atoms with Gasteiger partial charge in [-0.1, -0.05) is 0 Å². The molecule has 7 nitrogen and oxygen atoms in total. The Bertz CT molecular complexity index is 918. The minimum Gasteiger partial charge on any atom is -0.462 e. The van der Waals surface area contributed by atoms with Crippen LogP contribution in [0.15, 0.2) is 0 Å². The highest BCUT2D eigenvalue weighted by Gasteiger charge is 2.39. The topological polar surface area (TPSA) is 82.1 Å². The van der Waals surface area contributed by atoms with E-state index in [4.69, 9.17) is 20.2 Å². The second kappa shape index (κ2) is 7.17. The Kier molecular flexibility index (Phi) is 4.97. The summed E-state index contributed by atoms with van der Waals surface area (Å²) in [6, 6.07) is 0. The van der Waals surface area contributed by atoms with E-state index >= 15 is 0 Å². The number of morpholine rings is 1. The number of hydrogen-bond donors (Lipinski definition) is 2. The second-order valence-electron chi connectivity index (χ2n) is 8.26. The molecule has 1 atom stereocenters. The Balaban J connectivity index is 1.93. The number of esters is 1. The first-order valence-corrected chi connectivity index (χ1v) is 10.7. The number of pyridine rings is 1. The molecule has 3 N–H and O–H groups in total. The monoisotopic (exact) mass is 405 g/mol. The molecule has 0 spiro atoms. The third-order valence-electron chi connectivity index (χ3n) is 6.06. The van der Waals surface area contributed by atoms with Crippen LogP contribution in [0.4, 0.5) is 11.5 Å². The first kappa shape index (κ1) is 19.4. The van der Waals surface area contributed by atoms with E-state index in [1.54, 1.807) is 6.92 Å². The summed E-state index contributed by atoms with van der Waals surface area (Å²) in [7, 11) is 2.23. The van der Waals surface area contributed by atoms with Gasteiger partial charge in [0.05, 0.1) is 43.7 Å². The molecule has 28 heavy (non-hydrogen) atoms. The van der Waals surface area contributed by atoms with Crippen molar-refractivity contribution in [1.29, 1.82) is 0 Å². The Morgan fingerprint density at radius 1 is 1.36 bits per heavy atom. The van der Waals surface area contributed by atoms with Gasteiger partial charge in [0.2, 0.25) is 0 Å². The molecule has 1 fully saturated rings. The molecule has 2 aromatic rings. The Hall–Kier alpha value is -1.90. The van der Waals surface area contributed by atoms with E-state index in [9.17, 15) is 4.79 Å². The summed E-state index contributed by atoms with van der Waals surface area (Å²) in [4.78, 5) is 22.5. The van der Waals surface area contributed by atoms with E-state index in [0.717, 1.165) is 42.1 Å². The number of anilines is 2. The summed E-state index contributed by atoms with van der Waals surface area (Å²) in [6.07, 6.45) is 0.897. The van der Waals surface area contributed by atoms with Crippen molar-refractivity contribution in [1.82, 2.24) is 4.98 Å². The molecule has 0 radical (unpaired) electrons. The maximum Gasteiger partial charge on any atom is 0.350 e. The highest BCUT2D eigenvalue weighted by Crippen LogP contribution is 2.41. The van der Waals surface area contributed by atoms with Crippen molar-refractivity contribution in [3.63, 3.8) is 0 Å². The molecule has 0 bridgehead atoms. The lowest BCUT2D eigenvalue weighted by Gasteiger charge is -2.40. The fourth-order valence-electron chi connectivity index (χ4n) is 4.11. The highest BCUT2D eigenvalue weighted by molar-refractivity contribution is 7.21. The van der Waals surface area contributed by atoms with Crippen molar-refractivity contribution >= 4 is 39.0 Å². The number of carbonyl (C=O) groups is 1. The van der Waals surface area contributed by atoms with Gasteiger partial charge in [0, 0.05) is 24.9 Å². The lowest BCUT2D eigenvalue weighted by molar-refractivity contribution is -0.945. The first-order valence-electron chi connectivity index (χ1n) is 9.90. The molecular weight excluding hydrogens is 376 g/mol. The number of nitrogen functional groups attached to an aromatic ring is 1. The Morgan fingerprint density at radius 2 is 2.07 bits per heavy atom. The van der Waals surface area contributed by atoms with Crippen LogP contribution in [-0.4, -0.2) is 56.5 Å². The molecule has 2 aliphatic rings. The standard InChI is InChI=1S/C20H28N4O3S/c1-5-27-19(25)16-15(21)14-12-10-20(2,3)23(4)11-13(12)17(22-18(14)28-16)24-6-8-26-9-7-24/h5-11,21H2,1-4H3/p+1. The first-order chi connectivity index (χ1) is 13.3. The van der Waals surface area contributed by atoms with Gasteiger partial charge in [-0.2, -0.15) is 0 Å². The quantitative estimate of drug-likeness (QED) is 0.748. The van der Waals surface area contributed by atoms with Crippen LogP contribution >= 0.6 is 11.3 Å². The molecule has 2 aromatic heterocycles. The van der Waals surface area contributed by atoms with Gasteiger partial charge in [-0.25, -0.2) is 9.78 Å². The average Bonchev–Trinajstić information content (AvgIpc) is 3.00. The fraction of sp³-hybridized carbons (Fsp3) is 0.600. The normalized spacial score (nSPS) is 21.6. The maximum atomic E-state index is 12.4. The summed E-state index contributed by atoms with van der Waals surface area (Å²) >= 11 is 1.35. The molecule has 1 saturated heterocycles. The van der Waals surface area contributed by atoms with Gasteiger partial charge >= 0.3 is 5.97 Å². The minimum absolute atomic E-state index is 0.0853. The lowest BCUT2D eigenvalue weighted by atomic mass is 9.84. The molecule has 1 unspecified atom stereocenters. The van der Waals surface area contributed by atoms with E-state index in [2.05, 4.69) is 25.8 Å². The van der Waals surface area contributed by atoms with Crippen molar-refractivity contribution < 1.29 is 19.2 Å². The number of ether oxygens (including phenoxy) is 2. The van der Waals surface area contributed by atoms with Crippen LogP contribution in [0, 0.1) is 0 Å². The van der Waals surface area contributed by atoms with Crippen LogP contribution in [0.25, 0.3) is 10.2 Å². The van der Waals surface area contributed by atoms with Gasteiger partial charge in [-0.15, -0.1) is 11.3 Å². The third kappa shape index (κ3) is 3.13. The molecular formula is C20H29N4O3S+. The van der Waals surface area contributed by atoms with Crippen molar-refractivity contribution in [2.45, 2.75) is 39.3 Å². The predicted molar refractivity (Wildman–Crippen MR) is 111 cm³/mol. The predicted octanol–water partition coefficient (Wildman–Crippen LogP) is 1.24. The zero-order valence-electron chi connectivity index (χ0n) is 17.1. The van der Waals surface area contributed by atoms with E-state index in [1.165, 1.54) is 27.4 Å². The number of aromatic nitrogens is 1. The van der Waals surface area contributed by atoms with Gasteiger partial charge in [-0.3, -0.25) is 0 Å². The SMILES string of the molecule is CCOC(=O)c1sc2nc(N3CCOCC3)c3c(c2c1N)CC(C)(C)[NH+](C)C3. The summed E-state index contributed by atoms with van der Waals surface area (Å²) in [6.45, 7) is 10.7. The van der Waals surface area contributed by atoms with Crippen LogP contribution in [0.2, 0.25) is 0 Å². The molecule has 8 heteroatoms. The van der Waals surface area contributed by atoms with Crippen molar-refractivity contribution in [3.8, 4) is 0 Å². The number of carbonyl (C=O) groups excluding carboxylic acids is 1. The van der Waals surface area contributed by atoms with Crippen molar-refractivity contribution in [2.75, 3.05) is 50.6 Å². The second-order valence-corrected chi connectivity index (χ2v) is 9.25. The molecule has 152 valence electrons. The van der Waals surface area contributed by atoms with E-state index in [1.807, 2.05) is 0 Å². The zero-order valence-corrected chi connectivity index (χ0v) is 17.9. The third-order valence-corrected chi connectivity index (χ3v) is 7.14. The van der Waals surface area contributed by atoms with Gasteiger partial charge in [0.15, 0.2) is 0 Å². The van der Waals surface area contributed by atoms with Gasteiger partial charge in [0.25, 0.3) is 0 Å². The molecule has 0 saturated carbocycles. The molecule has 2 aliphatic heterocycles. The van der Waals surface area contributed by atoms with Crippen LogP contribution < -0.4 is 15.5 Å². The summed E-state index contributed by atoms with van der Waals surface area (Å²) in [5.41, 5.74) is 9.58. The average molecular weight is 406 g/mol. The number of likely N-dealkylation sites (N-methyl/N-ethyl adjacent to an activating group) is 1. The lowest BCUT2D eigenvalue weighted by Crippen LogP contribution is -3.16. The van der Waals surface area contributed by atoms with Gasteiger partial charge < -0.3 is 25.0 Å². The van der Waals surface area contributed by atoms with Crippen LogP contribution in [0.5, 0.6) is 0 Å². The zero-order chi connectivity index (χ0) is 20.1. The summed E-state index contributed by atoms with van der Waals surface area (Å²) < 4.78 is 10.8. The number of thiophene rings is 1. The van der Waals surface area contributed by atoms with Crippen LogP contribution in [0.1, 0.15) is 41.6 Å². The van der Waals surface area contributed by atoms with E-state index in [-0.39, 0.29) is 11.5 Å². The molecule has 0 amide bonds. The number of nitrogens with two attached hydrogens (primary N) is 1. The fourth-order valence-corrected chi connectivity index (χ4v) is 5.13.